The van der Waals surface area contributed by atoms with E-state index in [2.05, 4.69) is 22.5 Å². The van der Waals surface area contributed by atoms with Gasteiger partial charge in [0.05, 0.1) is 6.54 Å². The van der Waals surface area contributed by atoms with E-state index in [4.69, 9.17) is 0 Å². The maximum absolute atomic E-state index is 11.9. The van der Waals surface area contributed by atoms with Gasteiger partial charge >= 0.3 is 0 Å². The SMILES string of the molecule is CC#CCNC(=O)C1CCC(NC(=O)C(C)(C)C)CC1. The first-order chi connectivity index (χ1) is 9.34. The summed E-state index contributed by atoms with van der Waals surface area (Å²) >= 11 is 0. The molecule has 1 rings (SSSR count). The molecule has 2 amide bonds. The van der Waals surface area contributed by atoms with Crippen LogP contribution in [0.3, 0.4) is 0 Å². The molecule has 0 radical (unpaired) electrons. The van der Waals surface area contributed by atoms with E-state index in [-0.39, 0.29) is 29.2 Å². The molecule has 1 aliphatic rings. The van der Waals surface area contributed by atoms with Gasteiger partial charge in [0.2, 0.25) is 11.8 Å². The van der Waals surface area contributed by atoms with Crippen LogP contribution >= 0.6 is 0 Å². The molecule has 0 spiro atoms. The van der Waals surface area contributed by atoms with Crippen molar-refractivity contribution < 1.29 is 9.59 Å². The Morgan fingerprint density at radius 3 is 2.25 bits per heavy atom. The zero-order chi connectivity index (χ0) is 15.2. The van der Waals surface area contributed by atoms with Crippen molar-refractivity contribution in [3.8, 4) is 11.8 Å². The number of hydrogen-bond donors (Lipinski definition) is 2. The lowest BCUT2D eigenvalue weighted by molar-refractivity contribution is -0.129. The summed E-state index contributed by atoms with van der Waals surface area (Å²) in [6, 6.07) is 0.209. The Morgan fingerprint density at radius 2 is 1.75 bits per heavy atom. The lowest BCUT2D eigenvalue weighted by Crippen LogP contribution is -2.44. The molecule has 0 atom stereocenters. The van der Waals surface area contributed by atoms with Crippen molar-refractivity contribution in [3.63, 3.8) is 0 Å². The summed E-state index contributed by atoms with van der Waals surface area (Å²) in [6.07, 6.45) is 3.42. The highest BCUT2D eigenvalue weighted by atomic mass is 16.2. The number of nitrogens with one attached hydrogen (secondary N) is 2. The predicted octanol–water partition coefficient (Wildman–Crippen LogP) is 1.85. The van der Waals surface area contributed by atoms with E-state index < -0.39 is 0 Å². The van der Waals surface area contributed by atoms with Gasteiger partial charge in [-0.3, -0.25) is 9.59 Å². The lowest BCUT2D eigenvalue weighted by atomic mass is 9.84. The van der Waals surface area contributed by atoms with E-state index in [9.17, 15) is 9.59 Å². The second-order valence-corrected chi connectivity index (χ2v) is 6.42. The first kappa shape index (κ1) is 16.6. The van der Waals surface area contributed by atoms with Crippen molar-refractivity contribution >= 4 is 11.8 Å². The van der Waals surface area contributed by atoms with Gasteiger partial charge in [-0.25, -0.2) is 0 Å². The number of carbonyl (C=O) groups is 2. The summed E-state index contributed by atoms with van der Waals surface area (Å²) in [4.78, 5) is 23.8. The van der Waals surface area contributed by atoms with Crippen LogP contribution in [0.2, 0.25) is 0 Å². The normalized spacial score (nSPS) is 22.4. The average molecular weight is 278 g/mol. The average Bonchev–Trinajstić information content (AvgIpc) is 2.38. The maximum atomic E-state index is 11.9. The van der Waals surface area contributed by atoms with Gasteiger partial charge in [-0.2, -0.15) is 0 Å². The fraction of sp³-hybridized carbons (Fsp3) is 0.750. The first-order valence-electron chi connectivity index (χ1n) is 7.33. The summed E-state index contributed by atoms with van der Waals surface area (Å²) in [6.45, 7) is 7.92. The Balaban J connectivity index is 2.34. The Kier molecular flexibility index (Phi) is 6.06. The fourth-order valence-corrected chi connectivity index (χ4v) is 2.27. The minimum Gasteiger partial charge on any atom is -0.353 e. The second-order valence-electron chi connectivity index (χ2n) is 6.42. The molecule has 0 saturated heterocycles. The van der Waals surface area contributed by atoms with Crippen molar-refractivity contribution in [2.75, 3.05) is 6.54 Å². The van der Waals surface area contributed by atoms with Crippen molar-refractivity contribution in [3.05, 3.63) is 0 Å². The molecule has 4 heteroatoms. The third-order valence-electron chi connectivity index (χ3n) is 3.64. The van der Waals surface area contributed by atoms with Crippen LogP contribution < -0.4 is 10.6 Å². The van der Waals surface area contributed by atoms with Gasteiger partial charge in [-0.15, -0.1) is 5.92 Å². The zero-order valence-corrected chi connectivity index (χ0v) is 13.0. The third-order valence-corrected chi connectivity index (χ3v) is 3.64. The van der Waals surface area contributed by atoms with Crippen molar-refractivity contribution in [1.82, 2.24) is 10.6 Å². The van der Waals surface area contributed by atoms with Gasteiger partial charge in [-0.05, 0) is 32.6 Å². The highest BCUT2D eigenvalue weighted by Crippen LogP contribution is 2.25. The molecule has 1 fully saturated rings. The van der Waals surface area contributed by atoms with Gasteiger partial charge in [-0.1, -0.05) is 26.7 Å². The summed E-state index contributed by atoms with van der Waals surface area (Å²) in [5, 5.41) is 5.91. The highest BCUT2D eigenvalue weighted by molar-refractivity contribution is 5.82. The van der Waals surface area contributed by atoms with Crippen LogP contribution in [0.4, 0.5) is 0 Å². The lowest BCUT2D eigenvalue weighted by Gasteiger charge is -2.30. The van der Waals surface area contributed by atoms with Crippen LogP contribution in [0.5, 0.6) is 0 Å². The molecular weight excluding hydrogens is 252 g/mol. The van der Waals surface area contributed by atoms with Gasteiger partial charge in [0.1, 0.15) is 0 Å². The number of hydrogen-bond acceptors (Lipinski definition) is 2. The van der Waals surface area contributed by atoms with E-state index in [1.165, 1.54) is 0 Å². The quantitative estimate of drug-likeness (QED) is 0.774. The largest absolute Gasteiger partial charge is 0.353 e. The minimum absolute atomic E-state index is 0.0662. The molecule has 0 aromatic carbocycles. The Hall–Kier alpha value is -1.50. The number of rotatable bonds is 3. The molecule has 2 N–H and O–H groups in total. The van der Waals surface area contributed by atoms with Gasteiger partial charge in [0.25, 0.3) is 0 Å². The van der Waals surface area contributed by atoms with E-state index in [0.717, 1.165) is 25.7 Å². The molecule has 4 nitrogen and oxygen atoms in total. The molecule has 0 bridgehead atoms. The van der Waals surface area contributed by atoms with Crippen LogP contribution in [0.25, 0.3) is 0 Å². The van der Waals surface area contributed by atoms with Gasteiger partial charge in [0, 0.05) is 17.4 Å². The van der Waals surface area contributed by atoms with Gasteiger partial charge < -0.3 is 10.6 Å². The van der Waals surface area contributed by atoms with Crippen molar-refractivity contribution in [2.45, 2.75) is 59.4 Å². The van der Waals surface area contributed by atoms with E-state index in [1.807, 2.05) is 20.8 Å². The Bertz CT molecular complexity index is 404. The Morgan fingerprint density at radius 1 is 1.15 bits per heavy atom. The molecule has 0 aromatic heterocycles. The van der Waals surface area contributed by atoms with E-state index >= 15 is 0 Å². The molecule has 1 saturated carbocycles. The van der Waals surface area contributed by atoms with Crippen molar-refractivity contribution in [1.29, 1.82) is 0 Å². The van der Waals surface area contributed by atoms with Crippen LogP contribution in [0.15, 0.2) is 0 Å². The first-order valence-corrected chi connectivity index (χ1v) is 7.33. The number of carbonyl (C=O) groups excluding carboxylic acids is 2. The smallest absolute Gasteiger partial charge is 0.225 e. The topological polar surface area (TPSA) is 58.2 Å². The molecule has 20 heavy (non-hydrogen) atoms. The minimum atomic E-state index is -0.354. The molecular formula is C16H26N2O2. The maximum Gasteiger partial charge on any atom is 0.225 e. The van der Waals surface area contributed by atoms with Gasteiger partial charge in [0.15, 0.2) is 0 Å². The fourth-order valence-electron chi connectivity index (χ4n) is 2.27. The van der Waals surface area contributed by atoms with Crippen LogP contribution in [0, 0.1) is 23.2 Å². The predicted molar refractivity (Wildman–Crippen MR) is 79.8 cm³/mol. The monoisotopic (exact) mass is 278 g/mol. The summed E-state index contributed by atoms with van der Waals surface area (Å²) in [5.74, 6) is 5.83. The Labute approximate surface area is 122 Å². The zero-order valence-electron chi connectivity index (χ0n) is 13.0. The molecule has 1 aliphatic carbocycles. The standard InChI is InChI=1S/C16H26N2O2/c1-5-6-11-17-14(19)12-7-9-13(10-8-12)18-15(20)16(2,3)4/h12-13H,7-11H2,1-4H3,(H,17,19)(H,18,20). The van der Waals surface area contributed by atoms with Crippen LogP contribution in [0.1, 0.15) is 53.4 Å². The van der Waals surface area contributed by atoms with Crippen LogP contribution in [-0.2, 0) is 9.59 Å². The molecule has 0 unspecified atom stereocenters. The second kappa shape index (κ2) is 7.33. The van der Waals surface area contributed by atoms with E-state index in [0.29, 0.717) is 6.54 Å². The number of amides is 2. The van der Waals surface area contributed by atoms with Crippen LogP contribution in [-0.4, -0.2) is 24.4 Å². The van der Waals surface area contributed by atoms with Crippen molar-refractivity contribution in [2.24, 2.45) is 11.3 Å². The summed E-state index contributed by atoms with van der Waals surface area (Å²) in [7, 11) is 0. The molecule has 112 valence electrons. The third kappa shape index (κ3) is 5.24. The molecule has 0 heterocycles. The summed E-state index contributed by atoms with van der Waals surface area (Å²) in [5.41, 5.74) is -0.354. The highest BCUT2D eigenvalue weighted by Gasteiger charge is 2.29. The van der Waals surface area contributed by atoms with E-state index in [1.54, 1.807) is 6.92 Å². The molecule has 0 aliphatic heterocycles. The molecule has 0 aromatic rings. The summed E-state index contributed by atoms with van der Waals surface area (Å²) < 4.78 is 0.